The molecule has 1 aliphatic rings. The summed E-state index contributed by atoms with van der Waals surface area (Å²) in [6.07, 6.45) is 10.4. The molecule has 0 unspecified atom stereocenters. The summed E-state index contributed by atoms with van der Waals surface area (Å²) < 4.78 is 0. The van der Waals surface area contributed by atoms with Crippen molar-refractivity contribution in [1.82, 2.24) is 9.97 Å². The van der Waals surface area contributed by atoms with E-state index in [0.717, 1.165) is 27.5 Å². The third-order valence-electron chi connectivity index (χ3n) is 5.05. The second kappa shape index (κ2) is 8.44. The lowest BCUT2D eigenvalue weighted by atomic mass is 9.87. The highest BCUT2D eigenvalue weighted by atomic mass is 32.1. The monoisotopic (exact) mass is 377 g/mol. The normalized spacial score (nSPS) is 14.8. The van der Waals surface area contributed by atoms with Crippen molar-refractivity contribution >= 4 is 22.9 Å². The van der Waals surface area contributed by atoms with E-state index in [4.69, 9.17) is 4.98 Å². The van der Waals surface area contributed by atoms with Gasteiger partial charge < -0.3 is 5.32 Å². The zero-order valence-electron chi connectivity index (χ0n) is 15.2. The van der Waals surface area contributed by atoms with E-state index >= 15 is 0 Å². The maximum atomic E-state index is 12.4. The number of pyridine rings is 1. The lowest BCUT2D eigenvalue weighted by Crippen LogP contribution is -2.18. The van der Waals surface area contributed by atoms with Crippen LogP contribution in [0.3, 0.4) is 0 Å². The van der Waals surface area contributed by atoms with Gasteiger partial charge in [-0.1, -0.05) is 31.4 Å². The summed E-state index contributed by atoms with van der Waals surface area (Å²) in [5.74, 6) is 0.663. The predicted molar refractivity (Wildman–Crippen MR) is 111 cm³/mol. The summed E-state index contributed by atoms with van der Waals surface area (Å²) in [4.78, 5) is 21.3. The highest BCUT2D eigenvalue weighted by molar-refractivity contribution is 7.13. The average Bonchev–Trinajstić information content (AvgIpc) is 3.20. The molecular formula is C22H23N3OS. The van der Waals surface area contributed by atoms with Crippen LogP contribution in [0.15, 0.2) is 54.2 Å². The van der Waals surface area contributed by atoms with Gasteiger partial charge in [0.05, 0.1) is 5.69 Å². The van der Waals surface area contributed by atoms with Crippen molar-refractivity contribution in [3.05, 3.63) is 54.2 Å². The number of benzene rings is 1. The zero-order valence-corrected chi connectivity index (χ0v) is 16.0. The SMILES string of the molecule is O=C(CC1CCCCC1)Nc1cccc(-c2csc(-c3cccnc3)n2)c1. The van der Waals surface area contributed by atoms with E-state index in [1.54, 1.807) is 17.5 Å². The first kappa shape index (κ1) is 17.9. The maximum absolute atomic E-state index is 12.4. The van der Waals surface area contributed by atoms with E-state index in [1.807, 2.05) is 48.0 Å². The molecule has 1 aliphatic carbocycles. The number of thiazole rings is 1. The summed E-state index contributed by atoms with van der Waals surface area (Å²) in [5, 5.41) is 6.06. The Morgan fingerprint density at radius 3 is 2.78 bits per heavy atom. The molecule has 0 radical (unpaired) electrons. The smallest absolute Gasteiger partial charge is 0.224 e. The van der Waals surface area contributed by atoms with Crippen LogP contribution in [0.2, 0.25) is 0 Å². The van der Waals surface area contributed by atoms with Crippen LogP contribution in [-0.2, 0) is 4.79 Å². The molecule has 5 heteroatoms. The van der Waals surface area contributed by atoms with Gasteiger partial charge in [0, 0.05) is 41.0 Å². The van der Waals surface area contributed by atoms with Crippen molar-refractivity contribution < 1.29 is 4.79 Å². The van der Waals surface area contributed by atoms with Gasteiger partial charge in [0.1, 0.15) is 5.01 Å². The van der Waals surface area contributed by atoms with Gasteiger partial charge in [0.2, 0.25) is 5.91 Å². The van der Waals surface area contributed by atoms with Crippen LogP contribution >= 0.6 is 11.3 Å². The van der Waals surface area contributed by atoms with Gasteiger partial charge in [0.25, 0.3) is 0 Å². The van der Waals surface area contributed by atoms with Crippen molar-refractivity contribution in [3.8, 4) is 21.8 Å². The minimum atomic E-state index is 0.119. The summed E-state index contributed by atoms with van der Waals surface area (Å²) >= 11 is 1.60. The van der Waals surface area contributed by atoms with Gasteiger partial charge in [-0.2, -0.15) is 0 Å². The average molecular weight is 378 g/mol. The molecule has 2 heterocycles. The number of anilines is 1. The molecule has 1 N–H and O–H groups in total. The molecule has 1 aromatic carbocycles. The number of aromatic nitrogens is 2. The Labute approximate surface area is 163 Å². The van der Waals surface area contributed by atoms with E-state index in [1.165, 1.54) is 32.1 Å². The van der Waals surface area contributed by atoms with E-state index in [2.05, 4.69) is 10.3 Å². The molecule has 0 saturated heterocycles. The molecule has 138 valence electrons. The Kier molecular flexibility index (Phi) is 5.58. The molecule has 0 atom stereocenters. The number of hydrogen-bond donors (Lipinski definition) is 1. The third kappa shape index (κ3) is 4.61. The van der Waals surface area contributed by atoms with Crippen LogP contribution in [-0.4, -0.2) is 15.9 Å². The zero-order chi connectivity index (χ0) is 18.5. The van der Waals surface area contributed by atoms with Crippen molar-refractivity contribution in [2.45, 2.75) is 38.5 Å². The Morgan fingerprint density at radius 1 is 1.11 bits per heavy atom. The number of nitrogens with zero attached hydrogens (tertiary/aromatic N) is 2. The van der Waals surface area contributed by atoms with Crippen LogP contribution in [0.1, 0.15) is 38.5 Å². The fourth-order valence-corrected chi connectivity index (χ4v) is 4.47. The molecule has 1 fully saturated rings. The van der Waals surface area contributed by atoms with Crippen LogP contribution in [0.5, 0.6) is 0 Å². The number of hydrogen-bond acceptors (Lipinski definition) is 4. The maximum Gasteiger partial charge on any atom is 0.224 e. The minimum absolute atomic E-state index is 0.119. The molecule has 1 amide bonds. The van der Waals surface area contributed by atoms with Gasteiger partial charge in [-0.25, -0.2) is 4.98 Å². The second-order valence-corrected chi connectivity index (χ2v) is 7.97. The molecule has 0 bridgehead atoms. The van der Waals surface area contributed by atoms with E-state index in [9.17, 15) is 4.79 Å². The van der Waals surface area contributed by atoms with Gasteiger partial charge in [-0.3, -0.25) is 9.78 Å². The largest absolute Gasteiger partial charge is 0.326 e. The standard InChI is InChI=1S/C22H23N3OS/c26-21(12-16-6-2-1-3-7-16)24-19-10-4-8-17(13-19)20-15-27-22(25-20)18-9-5-11-23-14-18/h4-5,8-11,13-16H,1-3,6-7,12H2,(H,24,26). The number of nitrogens with one attached hydrogen (secondary N) is 1. The summed E-state index contributed by atoms with van der Waals surface area (Å²) in [7, 11) is 0. The highest BCUT2D eigenvalue weighted by Gasteiger charge is 2.17. The molecule has 4 nitrogen and oxygen atoms in total. The van der Waals surface area contributed by atoms with Gasteiger partial charge >= 0.3 is 0 Å². The van der Waals surface area contributed by atoms with Crippen LogP contribution in [0.4, 0.5) is 5.69 Å². The van der Waals surface area contributed by atoms with Crippen molar-refractivity contribution in [2.24, 2.45) is 5.92 Å². The molecule has 2 aromatic heterocycles. The Balaban J connectivity index is 1.44. The molecular weight excluding hydrogens is 354 g/mol. The second-order valence-electron chi connectivity index (χ2n) is 7.12. The Morgan fingerprint density at radius 2 is 1.96 bits per heavy atom. The number of rotatable bonds is 5. The summed E-state index contributed by atoms with van der Waals surface area (Å²) in [5.41, 5.74) is 3.79. The molecule has 0 spiro atoms. The van der Waals surface area contributed by atoms with Crippen LogP contribution < -0.4 is 5.32 Å². The first-order valence-corrected chi connectivity index (χ1v) is 10.4. The van der Waals surface area contributed by atoms with Gasteiger partial charge in [0.15, 0.2) is 0 Å². The predicted octanol–water partition coefficient (Wildman–Crippen LogP) is 5.78. The molecule has 0 aliphatic heterocycles. The molecule has 3 aromatic rings. The molecule has 27 heavy (non-hydrogen) atoms. The van der Waals surface area contributed by atoms with E-state index in [-0.39, 0.29) is 5.91 Å². The Bertz CT molecular complexity index is 901. The van der Waals surface area contributed by atoms with Crippen LogP contribution in [0.25, 0.3) is 21.8 Å². The van der Waals surface area contributed by atoms with Crippen molar-refractivity contribution in [3.63, 3.8) is 0 Å². The highest BCUT2D eigenvalue weighted by Crippen LogP contribution is 2.30. The minimum Gasteiger partial charge on any atom is -0.326 e. The van der Waals surface area contributed by atoms with E-state index < -0.39 is 0 Å². The quantitative estimate of drug-likeness (QED) is 0.613. The van der Waals surface area contributed by atoms with Gasteiger partial charge in [-0.15, -0.1) is 11.3 Å². The number of carbonyl (C=O) groups is 1. The lowest BCUT2D eigenvalue weighted by Gasteiger charge is -2.20. The number of carbonyl (C=O) groups excluding carboxylic acids is 1. The topological polar surface area (TPSA) is 54.9 Å². The third-order valence-corrected chi connectivity index (χ3v) is 5.94. The van der Waals surface area contributed by atoms with Crippen molar-refractivity contribution in [1.29, 1.82) is 0 Å². The summed E-state index contributed by atoms with van der Waals surface area (Å²) in [6.45, 7) is 0. The Hall–Kier alpha value is -2.53. The fourth-order valence-electron chi connectivity index (χ4n) is 3.65. The van der Waals surface area contributed by atoms with Crippen LogP contribution in [0, 0.1) is 5.92 Å². The summed E-state index contributed by atoms with van der Waals surface area (Å²) in [6, 6.07) is 11.9. The van der Waals surface area contributed by atoms with Gasteiger partial charge in [-0.05, 0) is 43.0 Å². The molecule has 1 saturated carbocycles. The number of amides is 1. The van der Waals surface area contributed by atoms with E-state index in [0.29, 0.717) is 12.3 Å². The molecule has 4 rings (SSSR count). The van der Waals surface area contributed by atoms with Crippen molar-refractivity contribution in [2.75, 3.05) is 5.32 Å². The first-order chi connectivity index (χ1) is 13.3. The fraction of sp³-hybridized carbons (Fsp3) is 0.318. The lowest BCUT2D eigenvalue weighted by molar-refractivity contribution is -0.117. The first-order valence-electron chi connectivity index (χ1n) is 9.54.